The van der Waals surface area contributed by atoms with E-state index in [0.29, 0.717) is 19.7 Å². The van der Waals surface area contributed by atoms with Gasteiger partial charge in [0.25, 0.3) is 0 Å². The van der Waals surface area contributed by atoms with Crippen LogP contribution in [0.15, 0.2) is 42.5 Å². The third-order valence-electron chi connectivity index (χ3n) is 5.71. The summed E-state index contributed by atoms with van der Waals surface area (Å²) >= 11 is 0. The van der Waals surface area contributed by atoms with Gasteiger partial charge in [0, 0.05) is 26.2 Å². The van der Waals surface area contributed by atoms with Crippen LogP contribution in [0, 0.1) is 5.82 Å². The number of amides is 2. The van der Waals surface area contributed by atoms with Gasteiger partial charge in [0.05, 0.1) is 12.3 Å². The van der Waals surface area contributed by atoms with Crippen LogP contribution >= 0.6 is 0 Å². The molecule has 160 valence electrons. The predicted octanol–water partition coefficient (Wildman–Crippen LogP) is 4.54. The molecule has 0 radical (unpaired) electrons. The topological polar surface area (TPSA) is 53.6 Å². The van der Waals surface area contributed by atoms with E-state index < -0.39 is 0 Å². The number of halogens is 1. The molecule has 0 unspecified atom stereocenters. The molecule has 1 heterocycles. The molecule has 4 rings (SSSR count). The first-order valence-corrected chi connectivity index (χ1v) is 11.0. The fourth-order valence-electron chi connectivity index (χ4n) is 3.77. The van der Waals surface area contributed by atoms with E-state index >= 15 is 0 Å². The lowest BCUT2D eigenvalue weighted by atomic mass is 10.1. The molecule has 6 heteroatoms. The minimum Gasteiger partial charge on any atom is -0.494 e. The van der Waals surface area contributed by atoms with Crippen molar-refractivity contribution in [3.05, 3.63) is 59.4 Å². The summed E-state index contributed by atoms with van der Waals surface area (Å²) in [4.78, 5) is 13.9. The summed E-state index contributed by atoms with van der Waals surface area (Å²) in [5.74, 6) is 1.28. The van der Waals surface area contributed by atoms with E-state index in [1.165, 1.54) is 24.5 Å². The fraction of sp³-hybridized carbons (Fsp3) is 0.458. The molecule has 2 amide bonds. The first-order valence-electron chi connectivity index (χ1n) is 11.0. The second-order valence-corrected chi connectivity index (χ2v) is 8.13. The number of nitrogens with one attached hydrogen (secondary N) is 2. The predicted molar refractivity (Wildman–Crippen MR) is 117 cm³/mol. The molecule has 0 aromatic heterocycles. The Morgan fingerprint density at radius 3 is 2.73 bits per heavy atom. The zero-order chi connectivity index (χ0) is 20.8. The van der Waals surface area contributed by atoms with Crippen molar-refractivity contribution >= 4 is 11.7 Å². The monoisotopic (exact) mass is 411 g/mol. The number of nitrogens with zero attached hydrogens (tertiary/aromatic N) is 1. The van der Waals surface area contributed by atoms with E-state index in [-0.39, 0.29) is 17.5 Å². The Labute approximate surface area is 177 Å². The number of carbonyl (C=O) groups excluding carboxylic acids is 1. The van der Waals surface area contributed by atoms with E-state index in [1.807, 2.05) is 12.1 Å². The molecule has 5 nitrogen and oxygen atoms in total. The van der Waals surface area contributed by atoms with Crippen LogP contribution < -0.4 is 15.4 Å². The Morgan fingerprint density at radius 2 is 1.97 bits per heavy atom. The first-order chi connectivity index (χ1) is 14.7. The average molecular weight is 412 g/mol. The number of aryl methyl sites for hydroxylation is 1. The fourth-order valence-corrected chi connectivity index (χ4v) is 3.77. The maximum atomic E-state index is 14.4. The summed E-state index contributed by atoms with van der Waals surface area (Å²) in [6.45, 7) is 3.47. The summed E-state index contributed by atoms with van der Waals surface area (Å²) < 4.78 is 20.3. The number of urea groups is 1. The van der Waals surface area contributed by atoms with Gasteiger partial charge in [-0.25, -0.2) is 9.18 Å². The van der Waals surface area contributed by atoms with Crippen molar-refractivity contribution in [3.8, 4) is 5.75 Å². The van der Waals surface area contributed by atoms with Crippen molar-refractivity contribution in [3.63, 3.8) is 0 Å². The SMILES string of the molecule is O=C(Nc1ccc(CCCCOc2cccc(C3CC3)c2)cc1F)N1CCNCC1. The van der Waals surface area contributed by atoms with Crippen LogP contribution in [-0.2, 0) is 6.42 Å². The van der Waals surface area contributed by atoms with Gasteiger partial charge in [-0.15, -0.1) is 0 Å². The van der Waals surface area contributed by atoms with Crippen molar-refractivity contribution < 1.29 is 13.9 Å². The van der Waals surface area contributed by atoms with Crippen LogP contribution in [0.2, 0.25) is 0 Å². The quantitative estimate of drug-likeness (QED) is 0.627. The van der Waals surface area contributed by atoms with E-state index in [2.05, 4.69) is 28.8 Å². The first kappa shape index (κ1) is 20.7. The summed E-state index contributed by atoms with van der Waals surface area (Å²) in [7, 11) is 0. The summed E-state index contributed by atoms with van der Waals surface area (Å²) in [6, 6.07) is 13.2. The molecule has 1 aliphatic heterocycles. The second-order valence-electron chi connectivity index (χ2n) is 8.13. The van der Waals surface area contributed by atoms with Gasteiger partial charge >= 0.3 is 6.03 Å². The Bertz CT molecular complexity index is 863. The van der Waals surface area contributed by atoms with Crippen LogP contribution in [0.3, 0.4) is 0 Å². The van der Waals surface area contributed by atoms with Gasteiger partial charge in [0.1, 0.15) is 11.6 Å². The Balaban J connectivity index is 1.19. The molecular formula is C24H30FN3O2. The number of hydrogen-bond acceptors (Lipinski definition) is 3. The Hall–Kier alpha value is -2.60. The number of rotatable bonds is 8. The number of carbonyl (C=O) groups is 1. The van der Waals surface area contributed by atoms with E-state index in [0.717, 1.165) is 49.6 Å². The van der Waals surface area contributed by atoms with Gasteiger partial charge in [0.15, 0.2) is 0 Å². The number of ether oxygens (including phenoxy) is 1. The number of unbranched alkanes of at least 4 members (excludes halogenated alkanes) is 1. The van der Waals surface area contributed by atoms with Crippen molar-refractivity contribution in [2.24, 2.45) is 0 Å². The molecule has 0 atom stereocenters. The maximum absolute atomic E-state index is 14.4. The zero-order valence-electron chi connectivity index (χ0n) is 17.3. The number of hydrogen-bond donors (Lipinski definition) is 2. The van der Waals surface area contributed by atoms with E-state index in [9.17, 15) is 9.18 Å². The number of anilines is 1. The summed E-state index contributed by atoms with van der Waals surface area (Å²) in [6.07, 6.45) is 5.20. The average Bonchev–Trinajstić information content (AvgIpc) is 3.62. The number of benzene rings is 2. The smallest absolute Gasteiger partial charge is 0.322 e. The van der Waals surface area contributed by atoms with Crippen molar-refractivity contribution in [1.82, 2.24) is 10.2 Å². The lowest BCUT2D eigenvalue weighted by Crippen LogP contribution is -2.48. The summed E-state index contributed by atoms with van der Waals surface area (Å²) in [5, 5.41) is 5.88. The van der Waals surface area contributed by atoms with Crippen molar-refractivity contribution in [2.45, 2.75) is 38.0 Å². The minimum atomic E-state index is -0.385. The highest BCUT2D eigenvalue weighted by Gasteiger charge is 2.23. The molecule has 1 saturated heterocycles. The van der Waals surface area contributed by atoms with Gasteiger partial charge in [-0.05, 0) is 73.4 Å². The summed E-state index contributed by atoms with van der Waals surface area (Å²) in [5.41, 5.74) is 2.55. The molecule has 0 spiro atoms. The van der Waals surface area contributed by atoms with Crippen molar-refractivity contribution in [1.29, 1.82) is 0 Å². The van der Waals surface area contributed by atoms with Crippen LogP contribution in [-0.4, -0.2) is 43.7 Å². The highest BCUT2D eigenvalue weighted by molar-refractivity contribution is 5.89. The lowest BCUT2D eigenvalue weighted by Gasteiger charge is -2.27. The third-order valence-corrected chi connectivity index (χ3v) is 5.71. The molecule has 2 aromatic rings. The largest absolute Gasteiger partial charge is 0.494 e. The molecule has 2 aliphatic rings. The highest BCUT2D eigenvalue weighted by Crippen LogP contribution is 2.40. The molecule has 0 bridgehead atoms. The van der Waals surface area contributed by atoms with Gasteiger partial charge in [-0.2, -0.15) is 0 Å². The van der Waals surface area contributed by atoms with Crippen LogP contribution in [0.4, 0.5) is 14.9 Å². The standard InChI is InChI=1S/C24H30FN3O2/c25-22-16-18(7-10-23(22)27-24(29)28-13-11-26-12-14-28)4-1-2-15-30-21-6-3-5-20(17-21)19-8-9-19/h3,5-7,10,16-17,19,26H,1-2,4,8-9,11-15H2,(H,27,29). The number of piperazine rings is 1. The van der Waals surface area contributed by atoms with Crippen molar-refractivity contribution in [2.75, 3.05) is 38.1 Å². The van der Waals surface area contributed by atoms with Gasteiger partial charge < -0.3 is 20.3 Å². The minimum absolute atomic E-state index is 0.237. The highest BCUT2D eigenvalue weighted by atomic mass is 19.1. The Morgan fingerprint density at radius 1 is 1.13 bits per heavy atom. The third kappa shape index (κ3) is 5.72. The Kier molecular flexibility index (Phi) is 6.84. The molecule has 1 saturated carbocycles. The van der Waals surface area contributed by atoms with Gasteiger partial charge in [-0.3, -0.25) is 0 Å². The normalized spacial score (nSPS) is 16.4. The molecule has 2 fully saturated rings. The van der Waals surface area contributed by atoms with Crippen LogP contribution in [0.5, 0.6) is 5.75 Å². The molecule has 30 heavy (non-hydrogen) atoms. The molecular weight excluding hydrogens is 381 g/mol. The zero-order valence-corrected chi connectivity index (χ0v) is 17.3. The van der Waals surface area contributed by atoms with E-state index in [4.69, 9.17) is 4.74 Å². The molecule has 2 aromatic carbocycles. The molecule has 2 N–H and O–H groups in total. The van der Waals surface area contributed by atoms with E-state index in [1.54, 1.807) is 11.0 Å². The van der Waals surface area contributed by atoms with Crippen LogP contribution in [0.25, 0.3) is 0 Å². The van der Waals surface area contributed by atoms with Gasteiger partial charge in [-0.1, -0.05) is 18.2 Å². The van der Waals surface area contributed by atoms with Crippen LogP contribution in [0.1, 0.15) is 42.7 Å². The van der Waals surface area contributed by atoms with Gasteiger partial charge in [0.2, 0.25) is 0 Å². The second kappa shape index (κ2) is 9.94. The lowest BCUT2D eigenvalue weighted by molar-refractivity contribution is 0.203. The maximum Gasteiger partial charge on any atom is 0.322 e. The molecule has 1 aliphatic carbocycles.